The second kappa shape index (κ2) is 5.73. The first-order valence-corrected chi connectivity index (χ1v) is 8.05. The zero-order chi connectivity index (χ0) is 15.9. The molecule has 0 saturated carbocycles. The van der Waals surface area contributed by atoms with Gasteiger partial charge in [-0.1, -0.05) is 18.2 Å². The first-order chi connectivity index (χ1) is 10.5. The Morgan fingerprint density at radius 2 is 1.91 bits per heavy atom. The van der Waals surface area contributed by atoms with Crippen LogP contribution in [-0.4, -0.2) is 33.9 Å². The van der Waals surface area contributed by atoms with E-state index < -0.39 is 0 Å². The van der Waals surface area contributed by atoms with Crippen LogP contribution < -0.4 is 0 Å². The number of likely N-dealkylation sites (N-methyl/N-ethyl adjacent to an activating group) is 1. The summed E-state index contributed by atoms with van der Waals surface area (Å²) in [4.78, 5) is 6.95. The van der Waals surface area contributed by atoms with Crippen LogP contribution in [0, 0.1) is 13.8 Å². The normalized spacial score (nSPS) is 12.1. The molecule has 0 spiro atoms. The Kier molecular flexibility index (Phi) is 3.92. The summed E-state index contributed by atoms with van der Waals surface area (Å²) in [5, 5.41) is 1.36. The fourth-order valence-corrected chi connectivity index (χ4v) is 3.17. The molecule has 0 N–H and O–H groups in total. The summed E-state index contributed by atoms with van der Waals surface area (Å²) in [5.74, 6) is 1.06. The smallest absolute Gasteiger partial charge is 0.110 e. The molecule has 2 aromatic heterocycles. The highest BCUT2D eigenvalue weighted by molar-refractivity contribution is 5.93. The van der Waals surface area contributed by atoms with Crippen molar-refractivity contribution < 1.29 is 0 Å². The van der Waals surface area contributed by atoms with Crippen molar-refractivity contribution in [2.45, 2.75) is 40.2 Å². The van der Waals surface area contributed by atoms with Crippen molar-refractivity contribution in [1.29, 1.82) is 0 Å². The molecular weight excluding hydrogens is 270 g/mol. The van der Waals surface area contributed by atoms with E-state index >= 15 is 0 Å². The second-order valence-electron chi connectivity index (χ2n) is 6.49. The van der Waals surface area contributed by atoms with Crippen molar-refractivity contribution in [2.75, 3.05) is 13.6 Å². The van der Waals surface area contributed by atoms with Gasteiger partial charge in [-0.3, -0.25) is 4.40 Å². The summed E-state index contributed by atoms with van der Waals surface area (Å²) in [6.45, 7) is 9.81. The van der Waals surface area contributed by atoms with Crippen molar-refractivity contribution in [3.8, 4) is 0 Å². The third-order valence-electron chi connectivity index (χ3n) is 4.72. The van der Waals surface area contributed by atoms with E-state index in [2.05, 4.69) is 73.3 Å². The molecule has 0 aliphatic carbocycles. The monoisotopic (exact) mass is 295 g/mol. The van der Waals surface area contributed by atoms with Crippen LogP contribution in [0.5, 0.6) is 0 Å². The lowest BCUT2D eigenvalue weighted by Crippen LogP contribution is -2.28. The van der Waals surface area contributed by atoms with Crippen molar-refractivity contribution >= 4 is 16.4 Å². The van der Waals surface area contributed by atoms with Crippen LogP contribution in [0.2, 0.25) is 0 Å². The van der Waals surface area contributed by atoms with Gasteiger partial charge in [0.1, 0.15) is 5.82 Å². The molecule has 0 atom stereocenters. The Morgan fingerprint density at radius 1 is 1.18 bits per heavy atom. The maximum Gasteiger partial charge on any atom is 0.110 e. The lowest BCUT2D eigenvalue weighted by atomic mass is 10.1. The molecule has 1 aromatic carbocycles. The molecule has 2 heterocycles. The van der Waals surface area contributed by atoms with Crippen molar-refractivity contribution in [2.24, 2.45) is 0 Å². The molecule has 22 heavy (non-hydrogen) atoms. The van der Waals surface area contributed by atoms with E-state index in [1.807, 2.05) is 6.20 Å². The minimum atomic E-state index is 0.574. The quantitative estimate of drug-likeness (QED) is 0.725. The third kappa shape index (κ3) is 2.40. The molecular formula is C19H25N3. The molecule has 0 bridgehead atoms. The molecule has 0 amide bonds. The Labute approximate surface area is 132 Å². The first-order valence-electron chi connectivity index (χ1n) is 8.05. The van der Waals surface area contributed by atoms with E-state index in [0.29, 0.717) is 6.04 Å². The topological polar surface area (TPSA) is 20.5 Å². The fraction of sp³-hybridized carbons (Fsp3) is 0.421. The Balaban J connectivity index is 2.20. The van der Waals surface area contributed by atoms with E-state index in [0.717, 1.165) is 18.8 Å². The largest absolute Gasteiger partial charge is 0.304 e. The first kappa shape index (κ1) is 15.0. The summed E-state index contributed by atoms with van der Waals surface area (Å²) < 4.78 is 2.31. The summed E-state index contributed by atoms with van der Waals surface area (Å²) >= 11 is 0. The molecule has 3 heteroatoms. The number of nitrogens with zero attached hydrogens (tertiary/aromatic N) is 3. The number of rotatable bonds is 4. The number of aryl methyl sites for hydroxylation is 2. The van der Waals surface area contributed by atoms with Crippen LogP contribution in [0.1, 0.15) is 30.8 Å². The van der Waals surface area contributed by atoms with Gasteiger partial charge in [-0.2, -0.15) is 0 Å². The lowest BCUT2D eigenvalue weighted by molar-refractivity contribution is 0.278. The zero-order valence-electron chi connectivity index (χ0n) is 14.2. The highest BCUT2D eigenvalue weighted by atomic mass is 15.1. The summed E-state index contributed by atoms with van der Waals surface area (Å²) in [7, 11) is 2.20. The van der Waals surface area contributed by atoms with Gasteiger partial charge in [0.15, 0.2) is 0 Å². The number of hydrogen-bond donors (Lipinski definition) is 0. The maximum absolute atomic E-state index is 4.55. The van der Waals surface area contributed by atoms with E-state index in [-0.39, 0.29) is 0 Å². The van der Waals surface area contributed by atoms with Crippen molar-refractivity contribution in [1.82, 2.24) is 14.3 Å². The van der Waals surface area contributed by atoms with Gasteiger partial charge in [0.05, 0.1) is 11.0 Å². The summed E-state index contributed by atoms with van der Waals surface area (Å²) in [5.41, 5.74) is 5.31. The van der Waals surface area contributed by atoms with Gasteiger partial charge in [-0.25, -0.2) is 4.98 Å². The molecule has 0 unspecified atom stereocenters. The Morgan fingerprint density at radius 3 is 2.64 bits per heavy atom. The van der Waals surface area contributed by atoms with E-state index in [1.54, 1.807) is 0 Å². The van der Waals surface area contributed by atoms with Gasteiger partial charge < -0.3 is 4.90 Å². The maximum atomic E-state index is 4.55. The minimum absolute atomic E-state index is 0.574. The van der Waals surface area contributed by atoms with Crippen LogP contribution in [0.4, 0.5) is 0 Å². The summed E-state index contributed by atoms with van der Waals surface area (Å²) in [6.07, 6.45) is 3.06. The van der Waals surface area contributed by atoms with Gasteiger partial charge in [0, 0.05) is 24.2 Å². The average Bonchev–Trinajstić information content (AvgIpc) is 2.84. The number of hydrogen-bond acceptors (Lipinski definition) is 2. The van der Waals surface area contributed by atoms with Gasteiger partial charge in [-0.15, -0.1) is 0 Å². The molecule has 0 radical (unpaired) electrons. The molecule has 0 aliphatic rings. The standard InChI is InChI=1S/C19H25N3/c1-13(2)21(5)11-10-17-16-8-6-7-9-18(16)22-15(4)20-12-14(3)19(17)22/h6-9,12-13H,10-11H2,1-5H3. The van der Waals surface area contributed by atoms with Gasteiger partial charge in [-0.05, 0) is 58.4 Å². The van der Waals surface area contributed by atoms with Crippen LogP contribution in [0.15, 0.2) is 30.5 Å². The van der Waals surface area contributed by atoms with Gasteiger partial charge >= 0.3 is 0 Å². The lowest BCUT2D eigenvalue weighted by Gasteiger charge is -2.20. The molecule has 3 aromatic rings. The van der Waals surface area contributed by atoms with E-state index in [9.17, 15) is 0 Å². The van der Waals surface area contributed by atoms with Gasteiger partial charge in [0.25, 0.3) is 0 Å². The Hall–Kier alpha value is -1.87. The summed E-state index contributed by atoms with van der Waals surface area (Å²) in [6, 6.07) is 9.26. The number of para-hydroxylation sites is 1. The highest BCUT2D eigenvalue weighted by Gasteiger charge is 2.16. The molecule has 3 rings (SSSR count). The fourth-order valence-electron chi connectivity index (χ4n) is 3.17. The molecule has 0 fully saturated rings. The second-order valence-corrected chi connectivity index (χ2v) is 6.49. The average molecular weight is 295 g/mol. The Bertz CT molecular complexity index is 814. The molecule has 0 aliphatic heterocycles. The number of benzene rings is 1. The zero-order valence-corrected chi connectivity index (χ0v) is 14.2. The predicted molar refractivity (Wildman–Crippen MR) is 93.6 cm³/mol. The van der Waals surface area contributed by atoms with Crippen LogP contribution >= 0.6 is 0 Å². The molecule has 0 saturated heterocycles. The van der Waals surface area contributed by atoms with Gasteiger partial charge in [0.2, 0.25) is 0 Å². The van der Waals surface area contributed by atoms with Crippen LogP contribution in [0.25, 0.3) is 16.4 Å². The van der Waals surface area contributed by atoms with E-state index in [4.69, 9.17) is 0 Å². The predicted octanol–water partition coefficient (Wildman–Crippen LogP) is 3.99. The van der Waals surface area contributed by atoms with Crippen molar-refractivity contribution in [3.63, 3.8) is 0 Å². The molecule has 116 valence electrons. The minimum Gasteiger partial charge on any atom is -0.304 e. The molecule has 3 nitrogen and oxygen atoms in total. The third-order valence-corrected chi connectivity index (χ3v) is 4.72. The van der Waals surface area contributed by atoms with Crippen LogP contribution in [0.3, 0.4) is 0 Å². The highest BCUT2D eigenvalue weighted by Crippen LogP contribution is 2.30. The van der Waals surface area contributed by atoms with Crippen LogP contribution in [-0.2, 0) is 6.42 Å². The van der Waals surface area contributed by atoms with Crippen molar-refractivity contribution in [3.05, 3.63) is 47.4 Å². The SMILES string of the molecule is Cc1cnc(C)n2c1c(CCN(C)C(C)C)c1ccccc12. The van der Waals surface area contributed by atoms with E-state index in [1.165, 1.54) is 27.5 Å². The number of aromatic nitrogens is 2. The number of fused-ring (bicyclic) bond motifs is 3.